The van der Waals surface area contributed by atoms with Crippen molar-refractivity contribution in [3.05, 3.63) is 0 Å². The lowest BCUT2D eigenvalue weighted by atomic mass is 9.86. The lowest BCUT2D eigenvalue weighted by Crippen LogP contribution is -2.40. The van der Waals surface area contributed by atoms with Crippen LogP contribution >= 0.6 is 0 Å². The highest BCUT2D eigenvalue weighted by molar-refractivity contribution is 5.78. The minimum atomic E-state index is -0.217. The highest BCUT2D eigenvalue weighted by Crippen LogP contribution is 2.23. The zero-order chi connectivity index (χ0) is 11.4. The van der Waals surface area contributed by atoms with Crippen LogP contribution in [0.5, 0.6) is 0 Å². The first kappa shape index (κ1) is 11.9. The van der Waals surface area contributed by atoms with Gasteiger partial charge in [-0.05, 0) is 25.7 Å². The monoisotopic (exact) mass is 226 g/mol. The number of carbonyl (C=O) groups is 1. The van der Waals surface area contributed by atoms with Crippen molar-refractivity contribution in [2.24, 2.45) is 5.92 Å². The Kier molecular flexibility index (Phi) is 4.18. The first-order valence-corrected chi connectivity index (χ1v) is 6.44. The highest BCUT2D eigenvalue weighted by Gasteiger charge is 2.24. The van der Waals surface area contributed by atoms with Crippen molar-refractivity contribution < 1.29 is 9.90 Å². The maximum atomic E-state index is 11.5. The standard InChI is InChI=1S/C12H22N2O2/c15-11-4-2-1-3-9(11)7-14-12(16)8-13-10-5-6-10/h9-11,13,15H,1-8H2,(H,14,16). The average molecular weight is 226 g/mol. The molecule has 2 saturated carbocycles. The number of nitrogens with one attached hydrogen (secondary N) is 2. The summed E-state index contributed by atoms with van der Waals surface area (Å²) in [6.45, 7) is 1.06. The van der Waals surface area contributed by atoms with Crippen molar-refractivity contribution in [1.29, 1.82) is 0 Å². The Hall–Kier alpha value is -0.610. The van der Waals surface area contributed by atoms with Crippen LogP contribution in [0.15, 0.2) is 0 Å². The van der Waals surface area contributed by atoms with E-state index in [1.807, 2.05) is 0 Å². The lowest BCUT2D eigenvalue weighted by molar-refractivity contribution is -0.120. The van der Waals surface area contributed by atoms with E-state index in [1.165, 1.54) is 19.3 Å². The fraction of sp³-hybridized carbons (Fsp3) is 0.917. The largest absolute Gasteiger partial charge is 0.393 e. The second-order valence-electron chi connectivity index (χ2n) is 5.07. The molecule has 2 aliphatic carbocycles. The molecule has 0 aromatic rings. The summed E-state index contributed by atoms with van der Waals surface area (Å²) in [5, 5.41) is 15.8. The summed E-state index contributed by atoms with van der Waals surface area (Å²) in [5.74, 6) is 0.322. The molecule has 2 atom stereocenters. The molecule has 0 spiro atoms. The van der Waals surface area contributed by atoms with Gasteiger partial charge in [0.2, 0.25) is 5.91 Å². The molecule has 0 saturated heterocycles. The number of aliphatic hydroxyl groups excluding tert-OH is 1. The Morgan fingerprint density at radius 3 is 2.62 bits per heavy atom. The normalized spacial score (nSPS) is 30.1. The highest BCUT2D eigenvalue weighted by atomic mass is 16.3. The van der Waals surface area contributed by atoms with E-state index < -0.39 is 0 Å². The van der Waals surface area contributed by atoms with Crippen LogP contribution < -0.4 is 10.6 Å². The van der Waals surface area contributed by atoms with E-state index in [-0.39, 0.29) is 17.9 Å². The van der Waals surface area contributed by atoms with Crippen LogP contribution in [0.4, 0.5) is 0 Å². The Morgan fingerprint density at radius 1 is 1.19 bits per heavy atom. The van der Waals surface area contributed by atoms with Crippen LogP contribution in [0.1, 0.15) is 38.5 Å². The number of aliphatic hydroxyl groups is 1. The predicted octanol–water partition coefficient (Wildman–Crippen LogP) is 0.406. The fourth-order valence-corrected chi connectivity index (χ4v) is 2.26. The molecule has 0 aromatic heterocycles. The van der Waals surface area contributed by atoms with Crippen LogP contribution in [0.2, 0.25) is 0 Å². The second-order valence-corrected chi connectivity index (χ2v) is 5.07. The first-order chi connectivity index (χ1) is 7.75. The Bertz CT molecular complexity index is 241. The van der Waals surface area contributed by atoms with Gasteiger partial charge >= 0.3 is 0 Å². The Labute approximate surface area is 96.8 Å². The van der Waals surface area contributed by atoms with Crippen molar-refractivity contribution in [3.8, 4) is 0 Å². The van der Waals surface area contributed by atoms with Crippen LogP contribution in [0.3, 0.4) is 0 Å². The molecule has 0 aromatic carbocycles. The number of rotatable bonds is 5. The van der Waals surface area contributed by atoms with Gasteiger partial charge in [-0.3, -0.25) is 4.79 Å². The number of hydrogen-bond donors (Lipinski definition) is 3. The van der Waals surface area contributed by atoms with Gasteiger partial charge in [0.15, 0.2) is 0 Å². The zero-order valence-corrected chi connectivity index (χ0v) is 9.74. The van der Waals surface area contributed by atoms with E-state index in [1.54, 1.807) is 0 Å². The van der Waals surface area contributed by atoms with E-state index in [4.69, 9.17) is 0 Å². The summed E-state index contributed by atoms with van der Waals surface area (Å²) in [7, 11) is 0. The summed E-state index contributed by atoms with van der Waals surface area (Å²) < 4.78 is 0. The van der Waals surface area contributed by atoms with Crippen molar-refractivity contribution in [1.82, 2.24) is 10.6 Å². The molecule has 2 unspecified atom stereocenters. The maximum absolute atomic E-state index is 11.5. The molecule has 4 heteroatoms. The van der Waals surface area contributed by atoms with Gasteiger partial charge in [0, 0.05) is 18.5 Å². The molecule has 2 fully saturated rings. The minimum Gasteiger partial charge on any atom is -0.393 e. The Morgan fingerprint density at radius 2 is 1.94 bits per heavy atom. The average Bonchev–Trinajstić information content (AvgIpc) is 3.09. The van der Waals surface area contributed by atoms with Crippen molar-refractivity contribution >= 4 is 5.91 Å². The molecular weight excluding hydrogens is 204 g/mol. The molecule has 16 heavy (non-hydrogen) atoms. The minimum absolute atomic E-state index is 0.0599. The lowest BCUT2D eigenvalue weighted by Gasteiger charge is -2.27. The number of amides is 1. The summed E-state index contributed by atoms with van der Waals surface area (Å²) >= 11 is 0. The molecule has 0 heterocycles. The molecule has 2 rings (SSSR count). The van der Waals surface area contributed by atoms with Crippen molar-refractivity contribution in [3.63, 3.8) is 0 Å². The van der Waals surface area contributed by atoms with Gasteiger partial charge in [0.25, 0.3) is 0 Å². The Balaban J connectivity index is 1.59. The second kappa shape index (κ2) is 5.64. The fourth-order valence-electron chi connectivity index (χ4n) is 2.26. The molecule has 4 nitrogen and oxygen atoms in total. The van der Waals surface area contributed by atoms with Gasteiger partial charge in [0.1, 0.15) is 0 Å². The van der Waals surface area contributed by atoms with E-state index >= 15 is 0 Å². The summed E-state index contributed by atoms with van der Waals surface area (Å²) in [6.07, 6.45) is 6.42. The van der Waals surface area contributed by atoms with Crippen LogP contribution in [-0.4, -0.2) is 36.2 Å². The quantitative estimate of drug-likeness (QED) is 0.636. The third-order valence-electron chi connectivity index (χ3n) is 3.56. The first-order valence-electron chi connectivity index (χ1n) is 6.44. The van der Waals surface area contributed by atoms with Gasteiger partial charge in [-0.1, -0.05) is 12.8 Å². The molecular formula is C12H22N2O2. The molecule has 0 radical (unpaired) electrons. The smallest absolute Gasteiger partial charge is 0.233 e. The van der Waals surface area contributed by atoms with Gasteiger partial charge in [-0.2, -0.15) is 0 Å². The molecule has 1 amide bonds. The van der Waals surface area contributed by atoms with E-state index in [9.17, 15) is 9.90 Å². The molecule has 0 aliphatic heterocycles. The van der Waals surface area contributed by atoms with Crippen LogP contribution in [-0.2, 0) is 4.79 Å². The van der Waals surface area contributed by atoms with Crippen LogP contribution in [0.25, 0.3) is 0 Å². The molecule has 92 valence electrons. The third-order valence-corrected chi connectivity index (χ3v) is 3.56. The summed E-state index contributed by atoms with van der Waals surface area (Å²) in [6, 6.07) is 0.575. The van der Waals surface area contributed by atoms with Crippen LogP contribution in [0, 0.1) is 5.92 Å². The molecule has 0 bridgehead atoms. The maximum Gasteiger partial charge on any atom is 0.233 e. The zero-order valence-electron chi connectivity index (χ0n) is 9.74. The SMILES string of the molecule is O=C(CNC1CC1)NCC1CCCCC1O. The molecule has 2 aliphatic rings. The number of hydrogen-bond acceptors (Lipinski definition) is 3. The van der Waals surface area contributed by atoms with E-state index in [0.29, 0.717) is 19.1 Å². The molecule has 3 N–H and O–H groups in total. The van der Waals surface area contributed by atoms with Crippen molar-refractivity contribution in [2.45, 2.75) is 50.7 Å². The predicted molar refractivity (Wildman–Crippen MR) is 62.0 cm³/mol. The van der Waals surface area contributed by atoms with E-state index in [0.717, 1.165) is 19.3 Å². The van der Waals surface area contributed by atoms with Crippen molar-refractivity contribution in [2.75, 3.05) is 13.1 Å². The number of carbonyl (C=O) groups excluding carboxylic acids is 1. The summed E-state index contributed by atoms with van der Waals surface area (Å²) in [5.41, 5.74) is 0. The van der Waals surface area contributed by atoms with E-state index in [2.05, 4.69) is 10.6 Å². The van der Waals surface area contributed by atoms with Gasteiger partial charge in [-0.15, -0.1) is 0 Å². The summed E-state index contributed by atoms with van der Waals surface area (Å²) in [4.78, 5) is 11.5. The topological polar surface area (TPSA) is 61.4 Å². The van der Waals surface area contributed by atoms with Gasteiger partial charge in [-0.25, -0.2) is 0 Å². The third kappa shape index (κ3) is 3.76. The van der Waals surface area contributed by atoms with Gasteiger partial charge in [0.05, 0.1) is 12.6 Å². The van der Waals surface area contributed by atoms with Gasteiger partial charge < -0.3 is 15.7 Å².